The predicted molar refractivity (Wildman–Crippen MR) is 59.2 cm³/mol. The third kappa shape index (κ3) is 1.47. The van der Waals surface area contributed by atoms with Crippen LogP contribution in [0, 0.1) is 0 Å². The van der Waals surface area contributed by atoms with Gasteiger partial charge >= 0.3 is 0 Å². The molecule has 0 unspecified atom stereocenters. The van der Waals surface area contributed by atoms with Crippen molar-refractivity contribution < 1.29 is 9.52 Å². The van der Waals surface area contributed by atoms with Gasteiger partial charge in [-0.2, -0.15) is 0 Å². The average Bonchev–Trinajstić information content (AvgIpc) is 2.50. The number of hydrogen-bond acceptors (Lipinski definition) is 2. The van der Waals surface area contributed by atoms with E-state index in [1.54, 1.807) is 20.1 Å². The van der Waals surface area contributed by atoms with Crippen LogP contribution in [-0.4, -0.2) is 5.11 Å². The SMILES string of the molecule is CC(C)(O)c1ccc(Br)c2occc12. The Hall–Kier alpha value is -0.800. The number of fused-ring (bicyclic) bond motifs is 1. The first-order chi connectivity index (χ1) is 6.50. The van der Waals surface area contributed by atoms with Crippen LogP contribution in [0.25, 0.3) is 11.0 Å². The highest BCUT2D eigenvalue weighted by atomic mass is 79.9. The van der Waals surface area contributed by atoms with Crippen LogP contribution in [0.4, 0.5) is 0 Å². The van der Waals surface area contributed by atoms with Crippen molar-refractivity contribution in [1.82, 2.24) is 0 Å². The lowest BCUT2D eigenvalue weighted by Gasteiger charge is -2.18. The number of furan rings is 1. The van der Waals surface area contributed by atoms with Crippen molar-refractivity contribution in [2.24, 2.45) is 0 Å². The van der Waals surface area contributed by atoms with Crippen molar-refractivity contribution in [2.75, 3.05) is 0 Å². The molecule has 0 aliphatic heterocycles. The Kier molecular flexibility index (Phi) is 2.16. The molecule has 0 saturated carbocycles. The minimum atomic E-state index is -0.844. The molecule has 0 bridgehead atoms. The summed E-state index contributed by atoms with van der Waals surface area (Å²) >= 11 is 3.40. The zero-order chi connectivity index (χ0) is 10.3. The second kappa shape index (κ2) is 3.11. The number of rotatable bonds is 1. The Morgan fingerprint density at radius 3 is 2.64 bits per heavy atom. The van der Waals surface area contributed by atoms with E-state index < -0.39 is 5.60 Å². The molecular formula is C11H11BrO2. The lowest BCUT2D eigenvalue weighted by molar-refractivity contribution is 0.0802. The highest BCUT2D eigenvalue weighted by Gasteiger charge is 2.20. The summed E-state index contributed by atoms with van der Waals surface area (Å²) in [4.78, 5) is 0. The summed E-state index contributed by atoms with van der Waals surface area (Å²) in [5.74, 6) is 0. The highest BCUT2D eigenvalue weighted by Crippen LogP contribution is 2.33. The second-order valence-corrected chi connectivity index (χ2v) is 4.67. The van der Waals surface area contributed by atoms with Gasteiger partial charge in [-0.1, -0.05) is 6.07 Å². The van der Waals surface area contributed by atoms with Gasteiger partial charge in [-0.05, 0) is 47.5 Å². The van der Waals surface area contributed by atoms with E-state index in [-0.39, 0.29) is 0 Å². The van der Waals surface area contributed by atoms with E-state index >= 15 is 0 Å². The Balaban J connectivity index is 2.80. The van der Waals surface area contributed by atoms with Crippen LogP contribution < -0.4 is 0 Å². The summed E-state index contributed by atoms with van der Waals surface area (Å²) in [6, 6.07) is 5.66. The minimum absolute atomic E-state index is 0.782. The third-order valence-corrected chi connectivity index (χ3v) is 2.85. The number of benzene rings is 1. The molecule has 2 aromatic rings. The van der Waals surface area contributed by atoms with E-state index in [4.69, 9.17) is 4.42 Å². The normalized spacial score (nSPS) is 12.3. The maximum atomic E-state index is 9.94. The van der Waals surface area contributed by atoms with Crippen LogP contribution >= 0.6 is 15.9 Å². The van der Waals surface area contributed by atoms with Gasteiger partial charge in [-0.3, -0.25) is 0 Å². The quantitative estimate of drug-likeness (QED) is 0.846. The molecule has 2 nitrogen and oxygen atoms in total. The van der Waals surface area contributed by atoms with Crippen molar-refractivity contribution >= 4 is 26.9 Å². The molecule has 1 N–H and O–H groups in total. The van der Waals surface area contributed by atoms with E-state index in [2.05, 4.69) is 15.9 Å². The number of hydrogen-bond donors (Lipinski definition) is 1. The molecule has 0 atom stereocenters. The van der Waals surface area contributed by atoms with Crippen molar-refractivity contribution in [3.8, 4) is 0 Å². The van der Waals surface area contributed by atoms with E-state index in [1.165, 1.54) is 0 Å². The topological polar surface area (TPSA) is 33.4 Å². The van der Waals surface area contributed by atoms with Crippen LogP contribution in [-0.2, 0) is 5.60 Å². The summed E-state index contributed by atoms with van der Waals surface area (Å²) in [6.07, 6.45) is 1.63. The highest BCUT2D eigenvalue weighted by molar-refractivity contribution is 9.10. The van der Waals surface area contributed by atoms with Crippen LogP contribution in [0.5, 0.6) is 0 Å². The number of aliphatic hydroxyl groups is 1. The molecule has 0 aliphatic carbocycles. The molecule has 2 rings (SSSR count). The van der Waals surface area contributed by atoms with Crippen LogP contribution in [0.15, 0.2) is 33.4 Å². The van der Waals surface area contributed by atoms with E-state index in [0.29, 0.717) is 0 Å². The first kappa shape index (κ1) is 9.74. The van der Waals surface area contributed by atoms with Crippen LogP contribution in [0.3, 0.4) is 0 Å². The fraction of sp³-hybridized carbons (Fsp3) is 0.273. The van der Waals surface area contributed by atoms with Gasteiger partial charge < -0.3 is 9.52 Å². The fourth-order valence-corrected chi connectivity index (χ4v) is 2.00. The first-order valence-electron chi connectivity index (χ1n) is 4.39. The van der Waals surface area contributed by atoms with Crippen LogP contribution in [0.2, 0.25) is 0 Å². The summed E-state index contributed by atoms with van der Waals surface area (Å²) in [6.45, 7) is 3.53. The van der Waals surface area contributed by atoms with Crippen molar-refractivity contribution in [3.05, 3.63) is 34.5 Å². The van der Waals surface area contributed by atoms with E-state index in [0.717, 1.165) is 21.0 Å². The fourth-order valence-electron chi connectivity index (χ4n) is 1.56. The van der Waals surface area contributed by atoms with Gasteiger partial charge in [-0.25, -0.2) is 0 Å². The second-order valence-electron chi connectivity index (χ2n) is 3.82. The molecule has 14 heavy (non-hydrogen) atoms. The smallest absolute Gasteiger partial charge is 0.148 e. The first-order valence-corrected chi connectivity index (χ1v) is 5.18. The minimum Gasteiger partial charge on any atom is -0.463 e. The Bertz CT molecular complexity index is 466. The summed E-state index contributed by atoms with van der Waals surface area (Å²) < 4.78 is 6.23. The number of halogens is 1. The van der Waals surface area contributed by atoms with Gasteiger partial charge in [0.05, 0.1) is 16.3 Å². The standard InChI is InChI=1S/C11H11BrO2/c1-11(2,13)8-3-4-9(12)10-7(8)5-6-14-10/h3-6,13H,1-2H3. The molecule has 0 saturated heterocycles. The lowest BCUT2D eigenvalue weighted by Crippen LogP contribution is -2.15. The summed E-state index contributed by atoms with van der Waals surface area (Å²) in [7, 11) is 0. The Labute approximate surface area is 90.7 Å². The molecule has 0 aliphatic rings. The van der Waals surface area contributed by atoms with Gasteiger partial charge in [0.15, 0.2) is 0 Å². The zero-order valence-corrected chi connectivity index (χ0v) is 9.63. The molecule has 1 heterocycles. The lowest BCUT2D eigenvalue weighted by atomic mass is 9.95. The molecule has 74 valence electrons. The van der Waals surface area contributed by atoms with E-state index in [1.807, 2.05) is 18.2 Å². The maximum absolute atomic E-state index is 9.94. The van der Waals surface area contributed by atoms with Gasteiger partial charge in [-0.15, -0.1) is 0 Å². The largest absolute Gasteiger partial charge is 0.463 e. The summed E-state index contributed by atoms with van der Waals surface area (Å²) in [5, 5.41) is 10.9. The molecule has 3 heteroatoms. The van der Waals surface area contributed by atoms with Crippen molar-refractivity contribution in [3.63, 3.8) is 0 Å². The molecule has 0 spiro atoms. The predicted octanol–water partition coefficient (Wildman–Crippen LogP) is 3.42. The van der Waals surface area contributed by atoms with Gasteiger partial charge in [0, 0.05) is 5.39 Å². The molecule has 1 aromatic carbocycles. The van der Waals surface area contributed by atoms with Gasteiger partial charge in [0.25, 0.3) is 0 Å². The molecule has 0 radical (unpaired) electrons. The van der Waals surface area contributed by atoms with E-state index in [9.17, 15) is 5.11 Å². The molecule has 0 fully saturated rings. The monoisotopic (exact) mass is 254 g/mol. The summed E-state index contributed by atoms with van der Waals surface area (Å²) in [5.41, 5.74) is 0.817. The van der Waals surface area contributed by atoms with Crippen molar-refractivity contribution in [1.29, 1.82) is 0 Å². The average molecular weight is 255 g/mol. The Morgan fingerprint density at radius 2 is 2.00 bits per heavy atom. The zero-order valence-electron chi connectivity index (χ0n) is 8.04. The molecular weight excluding hydrogens is 244 g/mol. The third-order valence-electron chi connectivity index (χ3n) is 2.23. The van der Waals surface area contributed by atoms with Gasteiger partial charge in [0.2, 0.25) is 0 Å². The maximum Gasteiger partial charge on any atom is 0.148 e. The van der Waals surface area contributed by atoms with Crippen LogP contribution in [0.1, 0.15) is 19.4 Å². The Morgan fingerprint density at radius 1 is 1.29 bits per heavy atom. The molecule has 1 aromatic heterocycles. The molecule has 0 amide bonds. The van der Waals surface area contributed by atoms with Gasteiger partial charge in [0.1, 0.15) is 5.58 Å². The van der Waals surface area contributed by atoms with Crippen molar-refractivity contribution in [2.45, 2.75) is 19.4 Å².